The van der Waals surface area contributed by atoms with Crippen molar-refractivity contribution >= 4 is 17.9 Å². The summed E-state index contributed by atoms with van der Waals surface area (Å²) < 4.78 is 5.49. The molecule has 3 amide bonds. The molecular formula is C17H29N3O5. The number of ether oxygens (including phenoxy) is 1. The summed E-state index contributed by atoms with van der Waals surface area (Å²) in [6, 6.07) is -1.70. The van der Waals surface area contributed by atoms with Crippen molar-refractivity contribution < 1.29 is 24.2 Å². The smallest absolute Gasteiger partial charge is 0.411 e. The average molecular weight is 355 g/mol. The number of amides is 3. The zero-order valence-electron chi connectivity index (χ0n) is 15.8. The maximum Gasteiger partial charge on any atom is 0.411 e. The second-order valence-electron chi connectivity index (χ2n) is 8.14. The molecule has 0 aromatic rings. The molecule has 2 rings (SSSR count). The molecule has 0 bridgehead atoms. The fourth-order valence-electron chi connectivity index (χ4n) is 4.06. The van der Waals surface area contributed by atoms with Crippen molar-refractivity contribution in [2.45, 2.75) is 89.8 Å². The van der Waals surface area contributed by atoms with E-state index < -0.39 is 41.3 Å². The van der Waals surface area contributed by atoms with Gasteiger partial charge in [-0.2, -0.15) is 0 Å². The summed E-state index contributed by atoms with van der Waals surface area (Å²) in [4.78, 5) is 40.2. The molecule has 1 spiro atoms. The zero-order valence-corrected chi connectivity index (χ0v) is 15.8. The Kier molecular flexibility index (Phi) is 4.80. The molecule has 0 aromatic carbocycles. The highest BCUT2D eigenvalue weighted by Gasteiger charge is 2.69. The number of primary amides is 1. The van der Waals surface area contributed by atoms with E-state index in [2.05, 4.69) is 0 Å². The van der Waals surface area contributed by atoms with Gasteiger partial charge in [-0.15, -0.1) is 0 Å². The molecule has 0 aliphatic carbocycles. The third kappa shape index (κ3) is 2.96. The number of carbonyl (C=O) groups is 3. The van der Waals surface area contributed by atoms with Gasteiger partial charge in [0, 0.05) is 6.04 Å². The predicted molar refractivity (Wildman–Crippen MR) is 90.5 cm³/mol. The summed E-state index contributed by atoms with van der Waals surface area (Å²) in [5, 5.41) is 9.86. The summed E-state index contributed by atoms with van der Waals surface area (Å²) in [5.41, 5.74) is 3.65. The first-order chi connectivity index (χ1) is 11.3. The number of hydrogen-bond acceptors (Lipinski definition) is 5. The molecule has 142 valence electrons. The Morgan fingerprint density at radius 2 is 1.92 bits per heavy atom. The number of hydrogen-bond donors (Lipinski definition) is 2. The Balaban J connectivity index is 2.33. The van der Waals surface area contributed by atoms with Gasteiger partial charge in [-0.3, -0.25) is 14.5 Å². The fraction of sp³-hybridized carbons (Fsp3) is 0.824. The molecule has 2 fully saturated rings. The molecule has 2 heterocycles. The van der Waals surface area contributed by atoms with E-state index in [1.807, 2.05) is 6.92 Å². The summed E-state index contributed by atoms with van der Waals surface area (Å²) in [6.45, 7) is 10.4. The molecule has 0 aromatic heterocycles. The van der Waals surface area contributed by atoms with Crippen molar-refractivity contribution in [3.8, 4) is 0 Å². The van der Waals surface area contributed by atoms with Crippen LogP contribution in [0, 0.1) is 0 Å². The first-order valence-electron chi connectivity index (χ1n) is 8.67. The third-order valence-corrected chi connectivity index (χ3v) is 5.17. The summed E-state index contributed by atoms with van der Waals surface area (Å²) in [7, 11) is 0. The Morgan fingerprint density at radius 3 is 2.32 bits per heavy atom. The van der Waals surface area contributed by atoms with E-state index in [0.717, 1.165) is 0 Å². The van der Waals surface area contributed by atoms with Crippen molar-refractivity contribution in [2.75, 3.05) is 0 Å². The van der Waals surface area contributed by atoms with Crippen molar-refractivity contribution in [2.24, 2.45) is 5.73 Å². The van der Waals surface area contributed by atoms with Crippen LogP contribution in [0.4, 0.5) is 4.79 Å². The molecule has 8 nitrogen and oxygen atoms in total. The van der Waals surface area contributed by atoms with Crippen LogP contribution in [0.5, 0.6) is 0 Å². The van der Waals surface area contributed by atoms with Crippen LogP contribution in [0.15, 0.2) is 0 Å². The maximum atomic E-state index is 13.0. The normalized spacial score (nSPS) is 31.7. The monoisotopic (exact) mass is 355 g/mol. The minimum absolute atomic E-state index is 0.151. The largest absolute Gasteiger partial charge is 0.444 e. The quantitative estimate of drug-likeness (QED) is 0.720. The Labute approximate surface area is 148 Å². The van der Waals surface area contributed by atoms with Gasteiger partial charge in [-0.05, 0) is 54.4 Å². The Morgan fingerprint density at radius 1 is 1.36 bits per heavy atom. The van der Waals surface area contributed by atoms with E-state index in [-0.39, 0.29) is 11.9 Å². The standard InChI is InChI=1S/C17H29N3O5/c1-9-7-8-17(20(9)15(24)25-16(4,5)6)11(3)19(14(17)23)12(10(2)21)13(18)22/h9-12,21H,7-8H2,1-6H3,(H2,18,22)/t9?,10-,11?,12?,17?/m1/s1. The van der Waals surface area contributed by atoms with Gasteiger partial charge in [-0.25, -0.2) is 4.79 Å². The first kappa shape index (κ1) is 19.5. The predicted octanol–water partition coefficient (Wildman–Crippen LogP) is 0.610. The number of aliphatic hydroxyl groups excluding tert-OH is 1. The van der Waals surface area contributed by atoms with E-state index in [1.54, 1.807) is 27.7 Å². The molecule has 2 aliphatic rings. The van der Waals surface area contributed by atoms with Crippen molar-refractivity contribution in [3.05, 3.63) is 0 Å². The molecule has 25 heavy (non-hydrogen) atoms. The number of nitrogens with two attached hydrogens (primary N) is 1. The molecule has 0 radical (unpaired) electrons. The van der Waals surface area contributed by atoms with Gasteiger partial charge in [0.05, 0.1) is 12.1 Å². The summed E-state index contributed by atoms with van der Waals surface area (Å²) in [6.07, 6.45) is -0.464. The topological polar surface area (TPSA) is 113 Å². The van der Waals surface area contributed by atoms with Crippen LogP contribution in [0.25, 0.3) is 0 Å². The van der Waals surface area contributed by atoms with Gasteiger partial charge in [0.2, 0.25) is 5.91 Å². The highest BCUT2D eigenvalue weighted by molar-refractivity contribution is 6.00. The van der Waals surface area contributed by atoms with Gasteiger partial charge in [-0.1, -0.05) is 0 Å². The van der Waals surface area contributed by atoms with Crippen molar-refractivity contribution in [1.82, 2.24) is 9.80 Å². The van der Waals surface area contributed by atoms with Crippen LogP contribution in [-0.2, 0) is 14.3 Å². The SMILES string of the molecule is CC1CCC2(C(=O)N(C(C(N)=O)[C@@H](C)O)C2C)N1C(=O)OC(C)(C)C. The van der Waals surface area contributed by atoms with Gasteiger partial charge in [0.25, 0.3) is 5.91 Å². The molecular weight excluding hydrogens is 326 g/mol. The number of β-lactam (4-membered cyclic amide) rings is 1. The van der Waals surface area contributed by atoms with E-state index in [4.69, 9.17) is 10.5 Å². The molecule has 3 N–H and O–H groups in total. The number of rotatable bonds is 3. The van der Waals surface area contributed by atoms with Crippen molar-refractivity contribution in [3.63, 3.8) is 0 Å². The van der Waals surface area contributed by atoms with Crippen LogP contribution in [0.2, 0.25) is 0 Å². The third-order valence-electron chi connectivity index (χ3n) is 5.17. The van der Waals surface area contributed by atoms with Gasteiger partial charge < -0.3 is 20.5 Å². The average Bonchev–Trinajstić information content (AvgIpc) is 2.81. The molecule has 4 unspecified atom stereocenters. The van der Waals surface area contributed by atoms with Gasteiger partial charge in [0.15, 0.2) is 0 Å². The minimum atomic E-state index is -1.11. The van der Waals surface area contributed by atoms with Crippen molar-refractivity contribution in [1.29, 1.82) is 0 Å². The van der Waals surface area contributed by atoms with Crippen LogP contribution < -0.4 is 5.73 Å². The van der Waals surface area contributed by atoms with E-state index in [9.17, 15) is 19.5 Å². The Hall–Kier alpha value is -1.83. The molecule has 2 saturated heterocycles. The van der Waals surface area contributed by atoms with Gasteiger partial charge >= 0.3 is 6.09 Å². The van der Waals surface area contributed by atoms with E-state index in [1.165, 1.54) is 16.7 Å². The van der Waals surface area contributed by atoms with Gasteiger partial charge in [0.1, 0.15) is 17.2 Å². The van der Waals surface area contributed by atoms with Crippen LogP contribution in [-0.4, -0.2) is 68.2 Å². The fourth-order valence-corrected chi connectivity index (χ4v) is 4.06. The van der Waals surface area contributed by atoms with E-state index in [0.29, 0.717) is 12.8 Å². The van der Waals surface area contributed by atoms with E-state index >= 15 is 0 Å². The summed E-state index contributed by atoms with van der Waals surface area (Å²) in [5.74, 6) is -1.13. The number of nitrogens with zero attached hydrogens (tertiary/aromatic N) is 2. The number of carbonyl (C=O) groups excluding carboxylic acids is 3. The number of likely N-dealkylation sites (tertiary alicyclic amines) is 2. The molecule has 0 saturated carbocycles. The molecule has 8 heteroatoms. The lowest BCUT2D eigenvalue weighted by atomic mass is 9.75. The summed E-state index contributed by atoms with van der Waals surface area (Å²) >= 11 is 0. The minimum Gasteiger partial charge on any atom is -0.444 e. The lowest BCUT2D eigenvalue weighted by molar-refractivity contribution is -0.183. The lowest BCUT2D eigenvalue weighted by Gasteiger charge is -2.59. The zero-order chi connectivity index (χ0) is 19.3. The molecule has 5 atom stereocenters. The van der Waals surface area contributed by atoms with Crippen LogP contribution in [0.1, 0.15) is 54.4 Å². The second-order valence-corrected chi connectivity index (χ2v) is 8.14. The highest BCUT2D eigenvalue weighted by Crippen LogP contribution is 2.48. The van der Waals surface area contributed by atoms with Crippen LogP contribution in [0.3, 0.4) is 0 Å². The first-order valence-corrected chi connectivity index (χ1v) is 8.67. The second kappa shape index (κ2) is 6.16. The molecule has 2 aliphatic heterocycles. The maximum absolute atomic E-state index is 13.0. The Bertz CT molecular complexity index is 585. The highest BCUT2D eigenvalue weighted by atomic mass is 16.6. The number of aliphatic hydroxyl groups is 1. The van der Waals surface area contributed by atoms with Crippen LogP contribution >= 0.6 is 0 Å². The lowest BCUT2D eigenvalue weighted by Crippen LogP contribution is -2.82.